The van der Waals surface area contributed by atoms with Crippen LogP contribution in [0.2, 0.25) is 0 Å². The molecule has 1 saturated carbocycles. The van der Waals surface area contributed by atoms with Gasteiger partial charge in [0.25, 0.3) is 0 Å². The van der Waals surface area contributed by atoms with Crippen LogP contribution in [0.5, 0.6) is 0 Å². The third-order valence-electron chi connectivity index (χ3n) is 5.45. The van der Waals surface area contributed by atoms with Gasteiger partial charge in [0.2, 0.25) is 11.1 Å². The van der Waals surface area contributed by atoms with E-state index in [0.29, 0.717) is 5.16 Å². The number of thioether (sulfide) groups is 1. The van der Waals surface area contributed by atoms with Gasteiger partial charge >= 0.3 is 0 Å². The van der Waals surface area contributed by atoms with E-state index in [0.717, 1.165) is 41.4 Å². The van der Waals surface area contributed by atoms with Gasteiger partial charge in [-0.3, -0.25) is 4.79 Å². The topological polar surface area (TPSA) is 85.8 Å². The number of hydrogen-bond acceptors (Lipinski definition) is 5. The van der Waals surface area contributed by atoms with Crippen LogP contribution in [0.4, 0.5) is 5.69 Å². The summed E-state index contributed by atoms with van der Waals surface area (Å²) < 4.78 is 1.54. The molecule has 3 rings (SSSR count). The van der Waals surface area contributed by atoms with Crippen molar-refractivity contribution in [3.8, 4) is 0 Å². The predicted octanol–water partition coefficient (Wildman–Crippen LogP) is 3.85. The molecule has 0 saturated heterocycles. The first-order chi connectivity index (χ1) is 13.0. The Labute approximate surface area is 165 Å². The molecule has 0 spiro atoms. The number of nitrogens with two attached hydrogens (primary N) is 1. The number of aryl methyl sites for hydroxylation is 2. The van der Waals surface area contributed by atoms with Crippen molar-refractivity contribution in [2.45, 2.75) is 63.9 Å². The Morgan fingerprint density at radius 3 is 2.81 bits per heavy atom. The number of carbonyl (C=O) groups excluding carboxylic acids is 1. The summed E-state index contributed by atoms with van der Waals surface area (Å²) in [7, 11) is 0. The molecule has 1 aliphatic rings. The number of hydrogen-bond donors (Lipinski definition) is 2. The molecule has 1 aromatic carbocycles. The summed E-state index contributed by atoms with van der Waals surface area (Å²) in [6.07, 6.45) is 8.66. The summed E-state index contributed by atoms with van der Waals surface area (Å²) >= 11 is 1.32. The molecule has 1 heterocycles. The van der Waals surface area contributed by atoms with Gasteiger partial charge in [-0.15, -0.1) is 10.2 Å². The monoisotopic (exact) mass is 387 g/mol. The summed E-state index contributed by atoms with van der Waals surface area (Å²) in [5, 5.41) is 11.9. The number of aromatic nitrogens is 3. The van der Waals surface area contributed by atoms with Gasteiger partial charge in [0.15, 0.2) is 5.82 Å². The van der Waals surface area contributed by atoms with Crippen LogP contribution < -0.4 is 11.2 Å². The van der Waals surface area contributed by atoms with Gasteiger partial charge in [0.1, 0.15) is 0 Å². The van der Waals surface area contributed by atoms with Crippen molar-refractivity contribution < 1.29 is 4.79 Å². The number of anilines is 1. The highest BCUT2D eigenvalue weighted by molar-refractivity contribution is 7.99. The molecule has 1 fully saturated rings. The molecule has 2 aromatic rings. The fourth-order valence-electron chi connectivity index (χ4n) is 3.59. The SMILES string of the molecule is Cc1cccc(NC(=O)CSc2nnc(CCC3CCCCC3)n2N)c1C. The van der Waals surface area contributed by atoms with E-state index in [1.165, 1.54) is 43.9 Å². The van der Waals surface area contributed by atoms with Gasteiger partial charge in [-0.05, 0) is 43.4 Å². The number of nitrogens with zero attached hydrogens (tertiary/aromatic N) is 3. The van der Waals surface area contributed by atoms with Gasteiger partial charge in [0, 0.05) is 12.1 Å². The molecule has 27 heavy (non-hydrogen) atoms. The van der Waals surface area contributed by atoms with Crippen molar-refractivity contribution >= 4 is 23.4 Å². The van der Waals surface area contributed by atoms with E-state index in [1.54, 1.807) is 4.68 Å². The van der Waals surface area contributed by atoms with E-state index in [9.17, 15) is 4.79 Å². The third-order valence-corrected chi connectivity index (χ3v) is 6.39. The molecular formula is C20H29N5OS. The van der Waals surface area contributed by atoms with Gasteiger partial charge in [0.05, 0.1) is 5.75 Å². The number of nitrogen functional groups attached to an aromatic ring is 1. The molecular weight excluding hydrogens is 358 g/mol. The average Bonchev–Trinajstić information content (AvgIpc) is 3.03. The van der Waals surface area contributed by atoms with Crippen LogP contribution in [0.25, 0.3) is 0 Å². The van der Waals surface area contributed by atoms with E-state index >= 15 is 0 Å². The highest BCUT2D eigenvalue weighted by Crippen LogP contribution is 2.27. The first-order valence-electron chi connectivity index (χ1n) is 9.73. The van der Waals surface area contributed by atoms with Crippen LogP contribution in [0.15, 0.2) is 23.4 Å². The second-order valence-corrected chi connectivity index (χ2v) is 8.34. The van der Waals surface area contributed by atoms with Gasteiger partial charge in [-0.25, -0.2) is 4.68 Å². The first-order valence-corrected chi connectivity index (χ1v) is 10.7. The van der Waals surface area contributed by atoms with Gasteiger partial charge in [-0.1, -0.05) is 56.0 Å². The smallest absolute Gasteiger partial charge is 0.234 e. The predicted molar refractivity (Wildman–Crippen MR) is 110 cm³/mol. The highest BCUT2D eigenvalue weighted by atomic mass is 32.2. The Morgan fingerprint density at radius 2 is 2.04 bits per heavy atom. The fraction of sp³-hybridized carbons (Fsp3) is 0.550. The molecule has 146 valence electrons. The molecule has 0 radical (unpaired) electrons. The highest BCUT2D eigenvalue weighted by Gasteiger charge is 2.17. The molecule has 0 atom stereocenters. The van der Waals surface area contributed by atoms with Crippen molar-refractivity contribution in [1.82, 2.24) is 14.9 Å². The van der Waals surface area contributed by atoms with E-state index in [1.807, 2.05) is 32.0 Å². The van der Waals surface area contributed by atoms with Crippen LogP contribution in [0, 0.1) is 19.8 Å². The molecule has 1 aliphatic carbocycles. The molecule has 0 aliphatic heterocycles. The number of amides is 1. The molecule has 1 aromatic heterocycles. The van der Waals surface area contributed by atoms with E-state index in [-0.39, 0.29) is 11.7 Å². The van der Waals surface area contributed by atoms with Crippen LogP contribution in [0.3, 0.4) is 0 Å². The van der Waals surface area contributed by atoms with E-state index < -0.39 is 0 Å². The zero-order chi connectivity index (χ0) is 19.2. The zero-order valence-corrected chi connectivity index (χ0v) is 17.0. The average molecular weight is 388 g/mol. The summed E-state index contributed by atoms with van der Waals surface area (Å²) in [5.41, 5.74) is 3.09. The van der Waals surface area contributed by atoms with Crippen molar-refractivity contribution in [2.24, 2.45) is 5.92 Å². The Bertz CT molecular complexity index is 783. The van der Waals surface area contributed by atoms with Crippen molar-refractivity contribution in [3.63, 3.8) is 0 Å². The molecule has 7 heteroatoms. The lowest BCUT2D eigenvalue weighted by atomic mass is 9.86. The maximum absolute atomic E-state index is 12.3. The zero-order valence-electron chi connectivity index (χ0n) is 16.2. The number of nitrogens with one attached hydrogen (secondary N) is 1. The Morgan fingerprint density at radius 1 is 1.26 bits per heavy atom. The second-order valence-electron chi connectivity index (χ2n) is 7.40. The maximum atomic E-state index is 12.3. The maximum Gasteiger partial charge on any atom is 0.234 e. The molecule has 6 nitrogen and oxygen atoms in total. The Balaban J connectivity index is 1.50. The van der Waals surface area contributed by atoms with Crippen LogP contribution in [-0.4, -0.2) is 26.5 Å². The fourth-order valence-corrected chi connectivity index (χ4v) is 4.26. The lowest BCUT2D eigenvalue weighted by Crippen LogP contribution is -2.18. The Hall–Kier alpha value is -2.02. The van der Waals surface area contributed by atoms with Crippen LogP contribution >= 0.6 is 11.8 Å². The molecule has 1 amide bonds. The first kappa shape index (κ1) is 19.7. The second kappa shape index (κ2) is 9.26. The minimum absolute atomic E-state index is 0.0690. The summed E-state index contributed by atoms with van der Waals surface area (Å²) in [4.78, 5) is 12.3. The van der Waals surface area contributed by atoms with Gasteiger partial charge < -0.3 is 11.2 Å². The molecule has 0 unspecified atom stereocenters. The van der Waals surface area contributed by atoms with Crippen molar-refractivity contribution in [1.29, 1.82) is 0 Å². The number of benzene rings is 1. The van der Waals surface area contributed by atoms with Crippen molar-refractivity contribution in [3.05, 3.63) is 35.2 Å². The lowest BCUT2D eigenvalue weighted by molar-refractivity contribution is -0.113. The minimum atomic E-state index is -0.0690. The standard InChI is InChI=1S/C20H29N5OS/c1-14-7-6-10-17(15(14)2)22-19(26)13-27-20-24-23-18(25(20)21)12-11-16-8-4-3-5-9-16/h6-7,10,16H,3-5,8-9,11-13,21H2,1-2H3,(H,22,26). The molecule has 0 bridgehead atoms. The number of carbonyl (C=O) groups is 1. The van der Waals surface area contributed by atoms with Gasteiger partial charge in [-0.2, -0.15) is 0 Å². The summed E-state index contributed by atoms with van der Waals surface area (Å²) in [6.45, 7) is 4.04. The largest absolute Gasteiger partial charge is 0.336 e. The van der Waals surface area contributed by atoms with Crippen LogP contribution in [0.1, 0.15) is 55.5 Å². The summed E-state index contributed by atoms with van der Waals surface area (Å²) in [6, 6.07) is 5.89. The minimum Gasteiger partial charge on any atom is -0.336 e. The van der Waals surface area contributed by atoms with E-state index in [4.69, 9.17) is 5.84 Å². The Kier molecular flexibility index (Phi) is 6.77. The van der Waals surface area contributed by atoms with E-state index in [2.05, 4.69) is 15.5 Å². The number of rotatable bonds is 7. The quantitative estimate of drug-likeness (QED) is 0.557. The summed E-state index contributed by atoms with van der Waals surface area (Å²) in [5.74, 6) is 7.92. The molecule has 3 N–H and O–H groups in total. The lowest BCUT2D eigenvalue weighted by Gasteiger charge is -2.20. The third kappa shape index (κ3) is 5.25. The van der Waals surface area contributed by atoms with Crippen molar-refractivity contribution in [2.75, 3.05) is 16.9 Å². The normalized spacial score (nSPS) is 15.0. The van der Waals surface area contributed by atoms with Crippen LogP contribution in [-0.2, 0) is 11.2 Å².